The van der Waals surface area contributed by atoms with Crippen molar-refractivity contribution in [3.63, 3.8) is 0 Å². The van der Waals surface area contributed by atoms with E-state index in [9.17, 15) is 9.59 Å². The molecule has 15 heavy (non-hydrogen) atoms. The zero-order valence-electron chi connectivity index (χ0n) is 9.74. The quantitative estimate of drug-likeness (QED) is 0.628. The van der Waals surface area contributed by atoms with Gasteiger partial charge in [0.25, 0.3) is 0 Å². The molecule has 0 heterocycles. The molecule has 1 amide bonds. The van der Waals surface area contributed by atoms with Crippen molar-refractivity contribution < 1.29 is 14.3 Å². The number of esters is 1. The maximum absolute atomic E-state index is 11.4. The van der Waals surface area contributed by atoms with Crippen LogP contribution in [-0.2, 0) is 14.3 Å². The summed E-state index contributed by atoms with van der Waals surface area (Å²) in [6, 6.07) is -0.533. The highest BCUT2D eigenvalue weighted by molar-refractivity contribution is 5.82. The lowest BCUT2D eigenvalue weighted by molar-refractivity contribution is -0.144. The first kappa shape index (κ1) is 13.9. The molecule has 0 fully saturated rings. The molecule has 3 N–H and O–H groups in total. The summed E-state index contributed by atoms with van der Waals surface area (Å²) in [6.45, 7) is 5.68. The highest BCUT2D eigenvalue weighted by Gasteiger charge is 2.19. The molecule has 1 unspecified atom stereocenters. The lowest BCUT2D eigenvalue weighted by atomic mass is 10.0. The van der Waals surface area contributed by atoms with E-state index in [2.05, 4.69) is 10.1 Å². The van der Waals surface area contributed by atoms with Gasteiger partial charge >= 0.3 is 5.97 Å². The molecule has 0 radical (unpaired) electrons. The van der Waals surface area contributed by atoms with Gasteiger partial charge < -0.3 is 15.8 Å². The molecule has 0 aliphatic heterocycles. The van der Waals surface area contributed by atoms with E-state index in [0.29, 0.717) is 0 Å². The second kappa shape index (κ2) is 6.40. The van der Waals surface area contributed by atoms with Gasteiger partial charge in [-0.15, -0.1) is 0 Å². The lowest BCUT2D eigenvalue weighted by Gasteiger charge is -2.16. The molecular formula is C10H20N2O3. The van der Waals surface area contributed by atoms with Crippen LogP contribution in [0.2, 0.25) is 0 Å². The number of carbonyl (C=O) groups excluding carboxylic acids is 2. The van der Waals surface area contributed by atoms with E-state index in [0.717, 1.165) is 0 Å². The van der Waals surface area contributed by atoms with Gasteiger partial charge in [-0.05, 0) is 5.92 Å². The number of amides is 1. The van der Waals surface area contributed by atoms with Gasteiger partial charge in [0.2, 0.25) is 5.91 Å². The van der Waals surface area contributed by atoms with Crippen LogP contribution in [0.3, 0.4) is 0 Å². The average Bonchev–Trinajstić information content (AvgIpc) is 2.22. The van der Waals surface area contributed by atoms with Gasteiger partial charge in [-0.25, -0.2) is 0 Å². The first-order valence-electron chi connectivity index (χ1n) is 5.01. The highest BCUT2D eigenvalue weighted by atomic mass is 16.5. The lowest BCUT2D eigenvalue weighted by Crippen LogP contribution is -2.45. The molecule has 0 saturated heterocycles. The maximum Gasteiger partial charge on any atom is 0.310 e. The van der Waals surface area contributed by atoms with Crippen molar-refractivity contribution in [3.8, 4) is 0 Å². The Balaban J connectivity index is 3.95. The predicted molar refractivity (Wildman–Crippen MR) is 57.0 cm³/mol. The normalized spacial score (nSPS) is 14.5. The van der Waals surface area contributed by atoms with Gasteiger partial charge in [0, 0.05) is 6.54 Å². The van der Waals surface area contributed by atoms with Crippen LogP contribution < -0.4 is 11.1 Å². The van der Waals surface area contributed by atoms with Gasteiger partial charge in [0.1, 0.15) is 0 Å². The number of methoxy groups -OCH3 is 1. The molecule has 5 nitrogen and oxygen atoms in total. The zero-order valence-corrected chi connectivity index (χ0v) is 9.74. The molecule has 0 aromatic rings. The fourth-order valence-electron chi connectivity index (χ4n) is 0.959. The van der Waals surface area contributed by atoms with Crippen molar-refractivity contribution >= 4 is 11.9 Å². The van der Waals surface area contributed by atoms with Gasteiger partial charge in [-0.3, -0.25) is 9.59 Å². The van der Waals surface area contributed by atoms with Crippen LogP contribution in [0.5, 0.6) is 0 Å². The van der Waals surface area contributed by atoms with Crippen molar-refractivity contribution in [1.82, 2.24) is 5.32 Å². The van der Waals surface area contributed by atoms with Crippen molar-refractivity contribution in [2.75, 3.05) is 13.7 Å². The number of nitrogens with one attached hydrogen (secondary N) is 1. The summed E-state index contributed by atoms with van der Waals surface area (Å²) < 4.78 is 4.53. The SMILES string of the molecule is COC(=O)C(C)CNC(=O)[C@@H](N)C(C)C. The zero-order chi connectivity index (χ0) is 12.0. The summed E-state index contributed by atoms with van der Waals surface area (Å²) >= 11 is 0. The summed E-state index contributed by atoms with van der Waals surface area (Å²) in [6.07, 6.45) is 0. The topological polar surface area (TPSA) is 81.4 Å². The first-order valence-corrected chi connectivity index (χ1v) is 5.01. The summed E-state index contributed by atoms with van der Waals surface area (Å²) in [5, 5.41) is 2.61. The molecule has 0 bridgehead atoms. The van der Waals surface area contributed by atoms with Crippen LogP contribution in [0.1, 0.15) is 20.8 Å². The molecule has 0 aromatic carbocycles. The molecule has 0 rings (SSSR count). The van der Waals surface area contributed by atoms with Crippen LogP contribution >= 0.6 is 0 Å². The van der Waals surface area contributed by atoms with E-state index in [1.54, 1.807) is 6.92 Å². The third-order valence-electron chi connectivity index (χ3n) is 2.21. The summed E-state index contributed by atoms with van der Waals surface area (Å²) in [5.74, 6) is -0.842. The molecule has 0 aliphatic rings. The standard InChI is InChI=1S/C10H20N2O3/c1-6(2)8(11)9(13)12-5-7(3)10(14)15-4/h6-8H,5,11H2,1-4H3,(H,12,13)/t7?,8-/m0/s1. The second-order valence-electron chi connectivity index (χ2n) is 3.94. The smallest absolute Gasteiger partial charge is 0.310 e. The van der Waals surface area contributed by atoms with E-state index in [-0.39, 0.29) is 30.3 Å². The monoisotopic (exact) mass is 216 g/mol. The second-order valence-corrected chi connectivity index (χ2v) is 3.94. The number of carbonyl (C=O) groups is 2. The summed E-state index contributed by atoms with van der Waals surface area (Å²) in [7, 11) is 1.32. The maximum atomic E-state index is 11.4. The largest absolute Gasteiger partial charge is 0.469 e. The molecule has 0 saturated carbocycles. The molecule has 0 aromatic heterocycles. The first-order chi connectivity index (χ1) is 6.90. The number of nitrogens with two attached hydrogens (primary N) is 1. The van der Waals surface area contributed by atoms with E-state index in [1.165, 1.54) is 7.11 Å². The third-order valence-corrected chi connectivity index (χ3v) is 2.21. The number of hydrogen-bond donors (Lipinski definition) is 2. The fourth-order valence-corrected chi connectivity index (χ4v) is 0.959. The molecule has 88 valence electrons. The molecular weight excluding hydrogens is 196 g/mol. The van der Waals surface area contributed by atoms with Crippen LogP contribution in [0, 0.1) is 11.8 Å². The molecule has 2 atom stereocenters. The van der Waals surface area contributed by atoms with Gasteiger partial charge in [0.05, 0.1) is 19.1 Å². The van der Waals surface area contributed by atoms with E-state index in [1.807, 2.05) is 13.8 Å². The number of ether oxygens (including phenoxy) is 1. The number of hydrogen-bond acceptors (Lipinski definition) is 4. The Morgan fingerprint density at radius 3 is 2.27 bits per heavy atom. The Labute approximate surface area is 90.4 Å². The number of rotatable bonds is 5. The van der Waals surface area contributed by atoms with E-state index in [4.69, 9.17) is 5.73 Å². The minimum Gasteiger partial charge on any atom is -0.469 e. The van der Waals surface area contributed by atoms with Crippen molar-refractivity contribution in [3.05, 3.63) is 0 Å². The summed E-state index contributed by atoms with van der Waals surface area (Å²) in [4.78, 5) is 22.4. The summed E-state index contributed by atoms with van der Waals surface area (Å²) in [5.41, 5.74) is 5.63. The fraction of sp³-hybridized carbons (Fsp3) is 0.800. The van der Waals surface area contributed by atoms with Crippen LogP contribution in [-0.4, -0.2) is 31.6 Å². The van der Waals surface area contributed by atoms with Gasteiger partial charge in [-0.2, -0.15) is 0 Å². The van der Waals surface area contributed by atoms with Crippen molar-refractivity contribution in [2.24, 2.45) is 17.6 Å². The Kier molecular flexibility index (Phi) is 5.93. The Morgan fingerprint density at radius 1 is 1.33 bits per heavy atom. The van der Waals surface area contributed by atoms with Gasteiger partial charge in [-0.1, -0.05) is 20.8 Å². The average molecular weight is 216 g/mol. The van der Waals surface area contributed by atoms with Crippen molar-refractivity contribution in [2.45, 2.75) is 26.8 Å². The van der Waals surface area contributed by atoms with Crippen LogP contribution in [0.25, 0.3) is 0 Å². The Bertz CT molecular complexity index is 229. The van der Waals surface area contributed by atoms with Crippen molar-refractivity contribution in [1.29, 1.82) is 0 Å². The van der Waals surface area contributed by atoms with E-state index >= 15 is 0 Å². The third kappa shape index (κ3) is 4.78. The minimum atomic E-state index is -0.533. The highest BCUT2D eigenvalue weighted by Crippen LogP contribution is 1.99. The van der Waals surface area contributed by atoms with Crippen LogP contribution in [0.15, 0.2) is 0 Å². The molecule has 0 spiro atoms. The molecule has 5 heteroatoms. The molecule has 0 aliphatic carbocycles. The Morgan fingerprint density at radius 2 is 1.87 bits per heavy atom. The minimum absolute atomic E-state index is 0.0819. The van der Waals surface area contributed by atoms with Crippen LogP contribution in [0.4, 0.5) is 0 Å². The predicted octanol–water partition coefficient (Wildman–Crippen LogP) is -0.105. The Hall–Kier alpha value is -1.10. The van der Waals surface area contributed by atoms with E-state index < -0.39 is 6.04 Å². The van der Waals surface area contributed by atoms with Gasteiger partial charge in [0.15, 0.2) is 0 Å².